The average molecular weight is 149 g/mol. The van der Waals surface area contributed by atoms with Gasteiger partial charge in [0.25, 0.3) is 0 Å². The third kappa shape index (κ3) is 4.76. The van der Waals surface area contributed by atoms with Gasteiger partial charge in [-0.15, -0.1) is 0 Å². The zero-order valence-electron chi connectivity index (χ0n) is 5.54. The van der Waals surface area contributed by atoms with E-state index in [4.69, 9.17) is 5.11 Å². The molecule has 1 N–H and O–H groups in total. The summed E-state index contributed by atoms with van der Waals surface area (Å²) in [5, 5.41) is 8.63. The number of phenolic OH excluding ortho intramolecular Hbond substituents is 1. The number of aromatic hydroxyl groups is 1. The first-order valence-corrected chi connectivity index (χ1v) is 2.13. The summed E-state index contributed by atoms with van der Waals surface area (Å²) in [5.74, 6) is 0.322. The van der Waals surface area contributed by atoms with Crippen LogP contribution in [0, 0.1) is 7.43 Å². The SMILES string of the molecule is Oc1ccccc1.[CH3-].[Ca+2]. The van der Waals surface area contributed by atoms with Crippen molar-refractivity contribution in [2.24, 2.45) is 0 Å². The van der Waals surface area contributed by atoms with Crippen LogP contribution in [0.1, 0.15) is 0 Å². The fourth-order valence-electron chi connectivity index (χ4n) is 0.428. The van der Waals surface area contributed by atoms with Crippen LogP contribution in [-0.2, 0) is 0 Å². The van der Waals surface area contributed by atoms with Gasteiger partial charge in [-0.05, 0) is 12.1 Å². The number of benzene rings is 1. The number of phenols is 1. The number of rotatable bonds is 0. The first-order chi connectivity index (χ1) is 3.39. The van der Waals surface area contributed by atoms with E-state index in [1.807, 2.05) is 6.07 Å². The van der Waals surface area contributed by atoms with Gasteiger partial charge in [0.1, 0.15) is 5.75 Å². The van der Waals surface area contributed by atoms with Crippen molar-refractivity contribution in [3.63, 3.8) is 0 Å². The van der Waals surface area contributed by atoms with Crippen LogP contribution in [0.3, 0.4) is 0 Å². The third-order valence-corrected chi connectivity index (χ3v) is 0.756. The Balaban J connectivity index is 0. The molecule has 0 aliphatic heterocycles. The second-order valence-electron chi connectivity index (χ2n) is 1.34. The molecule has 0 bridgehead atoms. The minimum atomic E-state index is 0. The predicted molar refractivity (Wildman–Crippen MR) is 40.3 cm³/mol. The molecule has 0 atom stereocenters. The molecule has 0 amide bonds. The first kappa shape index (κ1) is 12.0. The molecular formula is C7H9CaO+. The summed E-state index contributed by atoms with van der Waals surface area (Å²) in [7, 11) is 0. The van der Waals surface area contributed by atoms with E-state index in [-0.39, 0.29) is 45.2 Å². The zero-order chi connectivity index (χ0) is 5.11. The molecule has 0 aromatic heterocycles. The third-order valence-electron chi connectivity index (χ3n) is 0.756. The van der Waals surface area contributed by atoms with Crippen LogP contribution in [0.4, 0.5) is 0 Å². The smallest absolute Gasteiger partial charge is 0.508 e. The monoisotopic (exact) mass is 149 g/mol. The molecule has 0 aliphatic rings. The van der Waals surface area contributed by atoms with E-state index < -0.39 is 0 Å². The predicted octanol–water partition coefficient (Wildman–Crippen LogP) is 1.46. The fourth-order valence-corrected chi connectivity index (χ4v) is 0.428. The van der Waals surface area contributed by atoms with Crippen LogP contribution >= 0.6 is 0 Å². The molecule has 2 heteroatoms. The van der Waals surface area contributed by atoms with Gasteiger partial charge >= 0.3 is 37.7 Å². The summed E-state index contributed by atoms with van der Waals surface area (Å²) in [6, 6.07) is 8.71. The summed E-state index contributed by atoms with van der Waals surface area (Å²) >= 11 is 0. The molecule has 1 rings (SSSR count). The molecule has 0 saturated heterocycles. The Morgan fingerprint density at radius 3 is 1.67 bits per heavy atom. The second kappa shape index (κ2) is 6.40. The topological polar surface area (TPSA) is 20.2 Å². The van der Waals surface area contributed by atoms with Crippen molar-refractivity contribution in [1.82, 2.24) is 0 Å². The van der Waals surface area contributed by atoms with E-state index in [9.17, 15) is 0 Å². The Labute approximate surface area is 85.7 Å². The Kier molecular flexibility index (Phi) is 8.54. The minimum absolute atomic E-state index is 0. The summed E-state index contributed by atoms with van der Waals surface area (Å²) < 4.78 is 0. The standard InChI is InChI=1S/C6H6O.CH3.Ca/c7-6-4-2-1-3-5-6;;/h1-5,7H;1H3;/q;-1;+2. The molecule has 1 aromatic carbocycles. The van der Waals surface area contributed by atoms with Crippen LogP contribution < -0.4 is 0 Å². The average Bonchev–Trinajstić information content (AvgIpc) is 1.69. The van der Waals surface area contributed by atoms with E-state index >= 15 is 0 Å². The van der Waals surface area contributed by atoms with Crippen molar-refractivity contribution in [1.29, 1.82) is 0 Å². The molecule has 1 aromatic rings. The molecule has 1 nitrogen and oxygen atoms in total. The molecule has 0 aliphatic carbocycles. The molecule has 0 radical (unpaired) electrons. The number of hydrogen-bond acceptors (Lipinski definition) is 1. The van der Waals surface area contributed by atoms with E-state index in [0.717, 1.165) is 0 Å². The van der Waals surface area contributed by atoms with E-state index in [1.165, 1.54) is 0 Å². The van der Waals surface area contributed by atoms with Crippen LogP contribution in [0.5, 0.6) is 5.75 Å². The molecule has 9 heavy (non-hydrogen) atoms. The summed E-state index contributed by atoms with van der Waals surface area (Å²) in [5.41, 5.74) is 0. The molecule has 44 valence electrons. The quantitative estimate of drug-likeness (QED) is 0.437. The van der Waals surface area contributed by atoms with E-state index in [2.05, 4.69) is 0 Å². The van der Waals surface area contributed by atoms with Gasteiger partial charge in [0.2, 0.25) is 0 Å². The Morgan fingerprint density at radius 2 is 1.44 bits per heavy atom. The Bertz CT molecular complexity index is 139. The second-order valence-corrected chi connectivity index (χ2v) is 1.34. The Hall–Kier alpha value is 0.280. The van der Waals surface area contributed by atoms with Crippen LogP contribution in [0.15, 0.2) is 30.3 Å². The normalized spacial score (nSPS) is 6.67. The van der Waals surface area contributed by atoms with Crippen molar-refractivity contribution in [2.45, 2.75) is 0 Å². The molecule has 0 spiro atoms. The largest absolute Gasteiger partial charge is 2.00 e. The van der Waals surface area contributed by atoms with Gasteiger partial charge in [-0.2, -0.15) is 0 Å². The summed E-state index contributed by atoms with van der Waals surface area (Å²) in [6.07, 6.45) is 0. The van der Waals surface area contributed by atoms with Gasteiger partial charge in [-0.3, -0.25) is 0 Å². The maximum atomic E-state index is 8.63. The van der Waals surface area contributed by atoms with Crippen LogP contribution in [0.2, 0.25) is 0 Å². The van der Waals surface area contributed by atoms with Gasteiger partial charge in [0.15, 0.2) is 0 Å². The van der Waals surface area contributed by atoms with Crippen molar-refractivity contribution < 1.29 is 5.11 Å². The number of hydrogen-bond donors (Lipinski definition) is 1. The van der Waals surface area contributed by atoms with Crippen LogP contribution in [-0.4, -0.2) is 42.8 Å². The summed E-state index contributed by atoms with van der Waals surface area (Å²) in [4.78, 5) is 0. The van der Waals surface area contributed by atoms with Crippen molar-refractivity contribution in [3.8, 4) is 5.75 Å². The van der Waals surface area contributed by atoms with Crippen molar-refractivity contribution in [3.05, 3.63) is 37.8 Å². The van der Waals surface area contributed by atoms with Gasteiger partial charge in [0.05, 0.1) is 0 Å². The number of para-hydroxylation sites is 1. The maximum absolute atomic E-state index is 8.63. The fraction of sp³-hybridized carbons (Fsp3) is 0. The molecule has 0 unspecified atom stereocenters. The molecular weight excluding hydrogens is 140 g/mol. The van der Waals surface area contributed by atoms with Gasteiger partial charge < -0.3 is 12.5 Å². The van der Waals surface area contributed by atoms with Crippen molar-refractivity contribution in [2.75, 3.05) is 0 Å². The van der Waals surface area contributed by atoms with Crippen molar-refractivity contribution >= 4 is 37.7 Å². The Morgan fingerprint density at radius 1 is 1.00 bits per heavy atom. The van der Waals surface area contributed by atoms with Crippen LogP contribution in [0.25, 0.3) is 0 Å². The van der Waals surface area contributed by atoms with Gasteiger partial charge in [0, 0.05) is 0 Å². The first-order valence-electron chi connectivity index (χ1n) is 2.13. The molecule has 0 heterocycles. The van der Waals surface area contributed by atoms with Gasteiger partial charge in [-0.25, -0.2) is 0 Å². The van der Waals surface area contributed by atoms with E-state index in [0.29, 0.717) is 5.75 Å². The summed E-state index contributed by atoms with van der Waals surface area (Å²) in [6.45, 7) is 0. The zero-order valence-corrected chi connectivity index (χ0v) is 7.75. The van der Waals surface area contributed by atoms with E-state index in [1.54, 1.807) is 24.3 Å². The molecule has 0 fully saturated rings. The van der Waals surface area contributed by atoms with Gasteiger partial charge in [-0.1, -0.05) is 18.2 Å². The molecule has 0 saturated carbocycles. The minimum Gasteiger partial charge on any atom is -0.508 e. The maximum Gasteiger partial charge on any atom is 2.00 e.